The molecule has 5 rings (SSSR count). The summed E-state index contributed by atoms with van der Waals surface area (Å²) in [5.41, 5.74) is 8.63. The van der Waals surface area contributed by atoms with E-state index < -0.39 is 0 Å². The van der Waals surface area contributed by atoms with Crippen LogP contribution >= 0.6 is 0 Å². The van der Waals surface area contributed by atoms with Gasteiger partial charge < -0.3 is 4.57 Å². The van der Waals surface area contributed by atoms with Crippen molar-refractivity contribution in [3.05, 3.63) is 127 Å². The summed E-state index contributed by atoms with van der Waals surface area (Å²) in [5, 5.41) is 0. The van der Waals surface area contributed by atoms with Gasteiger partial charge in [0.15, 0.2) is 0 Å². The minimum Gasteiger partial charge on any atom is -0.326 e. The van der Waals surface area contributed by atoms with Crippen LogP contribution < -0.4 is 0 Å². The monoisotopic (exact) mass is 513 g/mol. The predicted octanol–water partition coefficient (Wildman–Crippen LogP) is 9.10. The molecule has 1 heterocycles. The third-order valence-electron chi connectivity index (χ3n) is 7.27. The molecule has 3 nitrogen and oxygen atoms in total. The molecule has 0 N–H and O–H groups in total. The molecule has 0 atom stereocenters. The van der Waals surface area contributed by atoms with Crippen molar-refractivity contribution >= 4 is 0 Å². The molecule has 198 valence electrons. The van der Waals surface area contributed by atoms with Crippen molar-refractivity contribution in [1.29, 1.82) is 0 Å². The summed E-state index contributed by atoms with van der Waals surface area (Å²) in [5.74, 6) is 1.07. The van der Waals surface area contributed by atoms with E-state index in [2.05, 4.69) is 139 Å². The average Bonchev–Trinajstić information content (AvgIpc) is 3.35. The maximum atomic E-state index is 5.31. The highest BCUT2D eigenvalue weighted by molar-refractivity contribution is 5.68. The van der Waals surface area contributed by atoms with Crippen LogP contribution in [0.3, 0.4) is 0 Å². The van der Waals surface area contributed by atoms with Crippen LogP contribution in [0.1, 0.15) is 44.4 Å². The van der Waals surface area contributed by atoms with Gasteiger partial charge in [-0.05, 0) is 36.1 Å². The number of hydrogen-bond acceptors (Lipinski definition) is 2. The molecule has 0 fully saturated rings. The van der Waals surface area contributed by atoms with Crippen LogP contribution in [0.25, 0.3) is 33.8 Å². The minimum absolute atomic E-state index is 0.863. The van der Waals surface area contributed by atoms with Gasteiger partial charge in [0.2, 0.25) is 0 Å². The molecule has 4 aromatic carbocycles. The summed E-state index contributed by atoms with van der Waals surface area (Å²) >= 11 is 0. The Bertz CT molecular complexity index is 1420. The van der Waals surface area contributed by atoms with Crippen molar-refractivity contribution in [2.75, 3.05) is 6.54 Å². The van der Waals surface area contributed by atoms with Crippen molar-refractivity contribution in [3.63, 3.8) is 0 Å². The first-order valence-electron chi connectivity index (χ1n) is 14.3. The van der Waals surface area contributed by atoms with Gasteiger partial charge in [-0.3, -0.25) is 4.90 Å². The number of nitrogens with zero attached hydrogens (tertiary/aromatic N) is 3. The number of unbranched alkanes of at least 4 members (excludes halogenated alkanes) is 1. The molecule has 3 heteroatoms. The van der Waals surface area contributed by atoms with E-state index in [1.165, 1.54) is 33.5 Å². The van der Waals surface area contributed by atoms with Crippen LogP contribution in [0.2, 0.25) is 0 Å². The van der Waals surface area contributed by atoms with Crippen LogP contribution in [0, 0.1) is 0 Å². The minimum atomic E-state index is 0.863. The van der Waals surface area contributed by atoms with Crippen LogP contribution in [-0.4, -0.2) is 21.0 Å². The fourth-order valence-corrected chi connectivity index (χ4v) is 5.27. The standard InChI is InChI=1S/C36H39N3/c1-3-5-26-39-34(35(32-17-11-7-12-18-32)37-36(39)33-19-13-8-14-20-33)28-38(25-4-2)27-29-21-23-31(24-22-29)30-15-9-6-10-16-30/h6-24H,3-5,25-28H2,1-2H3. The molecule has 39 heavy (non-hydrogen) atoms. The molecule has 0 aliphatic heterocycles. The zero-order chi connectivity index (χ0) is 26.9. The Hall–Kier alpha value is -3.95. The van der Waals surface area contributed by atoms with E-state index in [0.717, 1.165) is 57.0 Å². The summed E-state index contributed by atoms with van der Waals surface area (Å²) in [6.45, 7) is 8.32. The zero-order valence-electron chi connectivity index (χ0n) is 23.3. The van der Waals surface area contributed by atoms with Gasteiger partial charge in [-0.1, -0.05) is 136 Å². The highest BCUT2D eigenvalue weighted by atomic mass is 15.2. The van der Waals surface area contributed by atoms with Crippen molar-refractivity contribution in [3.8, 4) is 33.8 Å². The normalized spacial score (nSPS) is 11.3. The third-order valence-corrected chi connectivity index (χ3v) is 7.27. The van der Waals surface area contributed by atoms with Gasteiger partial charge in [0.1, 0.15) is 5.82 Å². The fraction of sp³-hybridized carbons (Fsp3) is 0.250. The van der Waals surface area contributed by atoms with E-state index in [1.807, 2.05) is 0 Å². The first-order valence-corrected chi connectivity index (χ1v) is 14.3. The van der Waals surface area contributed by atoms with E-state index in [4.69, 9.17) is 4.98 Å². The summed E-state index contributed by atoms with van der Waals surface area (Å²) in [4.78, 5) is 7.89. The first kappa shape index (κ1) is 26.6. The summed E-state index contributed by atoms with van der Waals surface area (Å²) < 4.78 is 2.49. The van der Waals surface area contributed by atoms with Crippen molar-refractivity contribution in [2.24, 2.45) is 0 Å². The van der Waals surface area contributed by atoms with E-state index in [0.29, 0.717) is 0 Å². The number of aromatic nitrogens is 2. The number of imidazole rings is 1. The lowest BCUT2D eigenvalue weighted by atomic mass is 10.0. The second-order valence-electron chi connectivity index (χ2n) is 10.2. The number of hydrogen-bond donors (Lipinski definition) is 0. The molecule has 0 radical (unpaired) electrons. The maximum absolute atomic E-state index is 5.31. The van der Waals surface area contributed by atoms with E-state index in [-0.39, 0.29) is 0 Å². The van der Waals surface area contributed by atoms with E-state index in [9.17, 15) is 0 Å². The van der Waals surface area contributed by atoms with E-state index in [1.54, 1.807) is 0 Å². The highest BCUT2D eigenvalue weighted by Crippen LogP contribution is 2.31. The Labute approximate surface area is 233 Å². The van der Waals surface area contributed by atoms with Crippen LogP contribution in [-0.2, 0) is 19.6 Å². The molecular weight excluding hydrogens is 474 g/mol. The summed E-state index contributed by atoms with van der Waals surface area (Å²) in [6, 6.07) is 41.0. The summed E-state index contributed by atoms with van der Waals surface area (Å²) in [6.07, 6.45) is 3.39. The Kier molecular flexibility index (Phi) is 9.03. The quantitative estimate of drug-likeness (QED) is 0.166. The lowest BCUT2D eigenvalue weighted by Crippen LogP contribution is -2.25. The van der Waals surface area contributed by atoms with E-state index >= 15 is 0 Å². The molecule has 0 saturated carbocycles. The average molecular weight is 514 g/mol. The SMILES string of the molecule is CCCCn1c(-c2ccccc2)nc(-c2ccccc2)c1CN(CCC)Cc1ccc(-c2ccccc2)cc1. The van der Waals surface area contributed by atoms with Crippen molar-refractivity contribution in [1.82, 2.24) is 14.5 Å². The molecular formula is C36H39N3. The van der Waals surface area contributed by atoms with Gasteiger partial charge in [-0.25, -0.2) is 4.98 Å². The second-order valence-corrected chi connectivity index (χ2v) is 10.2. The van der Waals surface area contributed by atoms with Gasteiger partial charge in [0.25, 0.3) is 0 Å². The Balaban J connectivity index is 1.50. The van der Waals surface area contributed by atoms with Gasteiger partial charge in [-0.2, -0.15) is 0 Å². The van der Waals surface area contributed by atoms with Crippen molar-refractivity contribution < 1.29 is 0 Å². The molecule has 5 aromatic rings. The Morgan fingerprint density at radius 2 is 1.15 bits per heavy atom. The molecule has 0 unspecified atom stereocenters. The third kappa shape index (κ3) is 6.55. The smallest absolute Gasteiger partial charge is 0.140 e. The molecule has 0 saturated heterocycles. The lowest BCUT2D eigenvalue weighted by molar-refractivity contribution is 0.251. The van der Waals surface area contributed by atoms with Gasteiger partial charge in [0, 0.05) is 30.8 Å². The molecule has 0 aliphatic rings. The van der Waals surface area contributed by atoms with Crippen molar-refractivity contribution in [2.45, 2.75) is 52.7 Å². The Morgan fingerprint density at radius 3 is 1.74 bits per heavy atom. The fourth-order valence-electron chi connectivity index (χ4n) is 5.27. The maximum Gasteiger partial charge on any atom is 0.140 e. The molecule has 0 spiro atoms. The molecule has 0 aliphatic carbocycles. The van der Waals surface area contributed by atoms with Crippen LogP contribution in [0.5, 0.6) is 0 Å². The molecule has 1 aromatic heterocycles. The first-order chi connectivity index (χ1) is 19.3. The number of benzene rings is 4. The molecule has 0 bridgehead atoms. The zero-order valence-corrected chi connectivity index (χ0v) is 23.3. The topological polar surface area (TPSA) is 21.1 Å². The summed E-state index contributed by atoms with van der Waals surface area (Å²) in [7, 11) is 0. The Morgan fingerprint density at radius 1 is 0.590 bits per heavy atom. The van der Waals surface area contributed by atoms with Gasteiger partial charge in [-0.15, -0.1) is 0 Å². The highest BCUT2D eigenvalue weighted by Gasteiger charge is 2.21. The predicted molar refractivity (Wildman–Crippen MR) is 164 cm³/mol. The largest absolute Gasteiger partial charge is 0.326 e. The van der Waals surface area contributed by atoms with Crippen LogP contribution in [0.15, 0.2) is 115 Å². The molecule has 0 amide bonds. The van der Waals surface area contributed by atoms with Gasteiger partial charge >= 0.3 is 0 Å². The lowest BCUT2D eigenvalue weighted by Gasteiger charge is -2.24. The van der Waals surface area contributed by atoms with Crippen LogP contribution in [0.4, 0.5) is 0 Å². The number of rotatable bonds is 12. The van der Waals surface area contributed by atoms with Gasteiger partial charge in [0.05, 0.1) is 11.4 Å². The second kappa shape index (κ2) is 13.2.